The summed E-state index contributed by atoms with van der Waals surface area (Å²) >= 11 is 0. The molecule has 2 aromatic rings. The highest BCUT2D eigenvalue weighted by Gasteiger charge is 2.18. The number of anilines is 1. The standard InChI is InChI=1S/C15H14N4O5/c1-2-24-13-6-3-11(4-7-13)10-16-17-14-8-5-12(18(20)21)9-15(14)19(22)23/h3-10,17H,2H2,1H3/b16-10-. The number of non-ortho nitro benzene ring substituents is 1. The summed E-state index contributed by atoms with van der Waals surface area (Å²) in [6.45, 7) is 2.45. The minimum absolute atomic E-state index is 0.0628. The van der Waals surface area contributed by atoms with Gasteiger partial charge in [0.2, 0.25) is 0 Å². The van der Waals surface area contributed by atoms with Crippen molar-refractivity contribution in [2.24, 2.45) is 5.10 Å². The smallest absolute Gasteiger partial charge is 0.301 e. The van der Waals surface area contributed by atoms with Crippen molar-refractivity contribution in [3.63, 3.8) is 0 Å². The van der Waals surface area contributed by atoms with Gasteiger partial charge in [0.05, 0.1) is 28.7 Å². The molecule has 0 atom stereocenters. The number of hydrogen-bond donors (Lipinski definition) is 1. The van der Waals surface area contributed by atoms with Gasteiger partial charge in [0.25, 0.3) is 5.69 Å². The summed E-state index contributed by atoms with van der Waals surface area (Å²) in [5.41, 5.74) is 2.56. The van der Waals surface area contributed by atoms with Crippen LogP contribution in [0.2, 0.25) is 0 Å². The summed E-state index contributed by atoms with van der Waals surface area (Å²) < 4.78 is 5.32. The van der Waals surface area contributed by atoms with E-state index in [0.717, 1.165) is 17.4 Å². The molecule has 0 aliphatic rings. The van der Waals surface area contributed by atoms with Gasteiger partial charge in [-0.25, -0.2) is 0 Å². The number of rotatable bonds is 7. The van der Waals surface area contributed by atoms with E-state index < -0.39 is 15.5 Å². The number of hydrazone groups is 1. The SMILES string of the molecule is CCOc1ccc(/C=N\Nc2ccc([N+](=O)[O-])cc2[N+](=O)[O-])cc1. The lowest BCUT2D eigenvalue weighted by Crippen LogP contribution is -1.98. The van der Waals surface area contributed by atoms with Crippen LogP contribution < -0.4 is 10.2 Å². The van der Waals surface area contributed by atoms with Gasteiger partial charge < -0.3 is 4.74 Å². The van der Waals surface area contributed by atoms with Gasteiger partial charge in [-0.1, -0.05) is 0 Å². The minimum Gasteiger partial charge on any atom is -0.494 e. The monoisotopic (exact) mass is 330 g/mol. The molecule has 0 amide bonds. The van der Waals surface area contributed by atoms with Crippen LogP contribution in [0.25, 0.3) is 0 Å². The molecule has 0 aliphatic carbocycles. The average molecular weight is 330 g/mol. The molecule has 124 valence electrons. The Balaban J connectivity index is 2.13. The van der Waals surface area contributed by atoms with Gasteiger partial charge in [0, 0.05) is 6.07 Å². The normalized spacial score (nSPS) is 10.5. The fourth-order valence-electron chi connectivity index (χ4n) is 1.87. The molecule has 0 heterocycles. The van der Waals surface area contributed by atoms with Crippen LogP contribution in [0.4, 0.5) is 17.1 Å². The summed E-state index contributed by atoms with van der Waals surface area (Å²) in [5, 5.41) is 25.6. The Hall–Kier alpha value is -3.49. The highest BCUT2D eigenvalue weighted by atomic mass is 16.6. The lowest BCUT2D eigenvalue weighted by molar-refractivity contribution is -0.393. The molecule has 9 heteroatoms. The zero-order valence-electron chi connectivity index (χ0n) is 12.7. The lowest BCUT2D eigenvalue weighted by atomic mass is 10.2. The minimum atomic E-state index is -0.707. The molecule has 2 aromatic carbocycles. The molecule has 0 radical (unpaired) electrons. The molecule has 0 spiro atoms. The van der Waals surface area contributed by atoms with E-state index in [-0.39, 0.29) is 11.4 Å². The Bertz CT molecular complexity index is 774. The molecular formula is C15H14N4O5. The molecule has 0 fully saturated rings. The third kappa shape index (κ3) is 4.26. The number of ether oxygens (including phenoxy) is 1. The van der Waals surface area contributed by atoms with Crippen molar-refractivity contribution in [1.29, 1.82) is 0 Å². The van der Waals surface area contributed by atoms with E-state index in [1.54, 1.807) is 24.3 Å². The Kier molecular flexibility index (Phi) is 5.40. The second kappa shape index (κ2) is 7.68. The summed E-state index contributed by atoms with van der Waals surface area (Å²) in [6, 6.07) is 10.4. The second-order valence-corrected chi connectivity index (χ2v) is 4.59. The predicted octanol–water partition coefficient (Wildman–Crippen LogP) is 3.35. The third-order valence-corrected chi connectivity index (χ3v) is 2.98. The van der Waals surface area contributed by atoms with Gasteiger partial charge in [-0.15, -0.1) is 0 Å². The van der Waals surface area contributed by atoms with Crippen molar-refractivity contribution >= 4 is 23.3 Å². The largest absolute Gasteiger partial charge is 0.494 e. The van der Waals surface area contributed by atoms with Crippen LogP contribution in [0.3, 0.4) is 0 Å². The molecule has 0 saturated heterocycles. The number of nitro groups is 2. The molecular weight excluding hydrogens is 316 g/mol. The van der Waals surface area contributed by atoms with Gasteiger partial charge in [0.1, 0.15) is 11.4 Å². The van der Waals surface area contributed by atoms with Crippen LogP contribution in [0.5, 0.6) is 5.75 Å². The first kappa shape index (κ1) is 16.9. The number of hydrogen-bond acceptors (Lipinski definition) is 7. The zero-order chi connectivity index (χ0) is 17.5. The maximum atomic E-state index is 11.0. The van der Waals surface area contributed by atoms with Crippen molar-refractivity contribution < 1.29 is 14.6 Å². The van der Waals surface area contributed by atoms with Crippen molar-refractivity contribution in [3.8, 4) is 5.75 Å². The molecule has 0 bridgehead atoms. The number of nitrogens with zero attached hydrogens (tertiary/aromatic N) is 3. The summed E-state index contributed by atoms with van der Waals surface area (Å²) in [4.78, 5) is 20.3. The molecule has 0 aliphatic heterocycles. The second-order valence-electron chi connectivity index (χ2n) is 4.59. The Morgan fingerprint density at radius 1 is 1.12 bits per heavy atom. The summed E-state index contributed by atoms with van der Waals surface area (Å²) in [7, 11) is 0. The van der Waals surface area contributed by atoms with Gasteiger partial charge in [-0.05, 0) is 42.8 Å². The van der Waals surface area contributed by atoms with Crippen molar-refractivity contribution in [2.45, 2.75) is 6.92 Å². The maximum absolute atomic E-state index is 11.0. The van der Waals surface area contributed by atoms with E-state index >= 15 is 0 Å². The number of nitro benzene ring substituents is 2. The Morgan fingerprint density at radius 2 is 1.83 bits per heavy atom. The van der Waals surface area contributed by atoms with Crippen LogP contribution in [-0.4, -0.2) is 22.7 Å². The van der Waals surface area contributed by atoms with E-state index in [9.17, 15) is 20.2 Å². The molecule has 24 heavy (non-hydrogen) atoms. The van der Waals surface area contributed by atoms with Crippen LogP contribution in [-0.2, 0) is 0 Å². The van der Waals surface area contributed by atoms with E-state index in [4.69, 9.17) is 4.74 Å². The first-order valence-corrected chi connectivity index (χ1v) is 6.96. The van der Waals surface area contributed by atoms with Gasteiger partial charge >= 0.3 is 5.69 Å². The molecule has 1 N–H and O–H groups in total. The average Bonchev–Trinajstić information content (AvgIpc) is 2.56. The lowest BCUT2D eigenvalue weighted by Gasteiger charge is -2.03. The molecule has 0 aromatic heterocycles. The number of nitrogens with one attached hydrogen (secondary N) is 1. The quantitative estimate of drug-likeness (QED) is 0.472. The predicted molar refractivity (Wildman–Crippen MR) is 88.6 cm³/mol. The van der Waals surface area contributed by atoms with Crippen LogP contribution in [0.15, 0.2) is 47.6 Å². The zero-order valence-corrected chi connectivity index (χ0v) is 12.7. The topological polar surface area (TPSA) is 120 Å². The fourth-order valence-corrected chi connectivity index (χ4v) is 1.87. The third-order valence-electron chi connectivity index (χ3n) is 2.98. The van der Waals surface area contributed by atoms with Crippen LogP contribution in [0.1, 0.15) is 12.5 Å². The maximum Gasteiger partial charge on any atom is 0.301 e. The Labute approximate surface area is 136 Å². The van der Waals surface area contributed by atoms with E-state index in [0.29, 0.717) is 6.61 Å². The summed E-state index contributed by atoms with van der Waals surface area (Å²) in [6.07, 6.45) is 1.47. The van der Waals surface area contributed by atoms with Crippen molar-refractivity contribution in [2.75, 3.05) is 12.0 Å². The van der Waals surface area contributed by atoms with E-state index in [1.807, 2.05) is 6.92 Å². The molecule has 0 unspecified atom stereocenters. The van der Waals surface area contributed by atoms with Gasteiger partial charge in [0.15, 0.2) is 0 Å². The number of benzene rings is 2. The molecule has 9 nitrogen and oxygen atoms in total. The van der Waals surface area contributed by atoms with E-state index in [1.165, 1.54) is 18.3 Å². The molecule has 0 saturated carbocycles. The van der Waals surface area contributed by atoms with Gasteiger partial charge in [-0.3, -0.25) is 25.7 Å². The van der Waals surface area contributed by atoms with Crippen molar-refractivity contribution in [1.82, 2.24) is 0 Å². The summed E-state index contributed by atoms with van der Waals surface area (Å²) in [5.74, 6) is 0.730. The van der Waals surface area contributed by atoms with Crippen LogP contribution in [0, 0.1) is 20.2 Å². The first-order chi connectivity index (χ1) is 11.5. The molecule has 2 rings (SSSR count). The fraction of sp³-hybridized carbons (Fsp3) is 0.133. The van der Waals surface area contributed by atoms with Gasteiger partial charge in [-0.2, -0.15) is 5.10 Å². The Morgan fingerprint density at radius 3 is 2.42 bits per heavy atom. The van der Waals surface area contributed by atoms with Crippen molar-refractivity contribution in [3.05, 3.63) is 68.3 Å². The highest BCUT2D eigenvalue weighted by molar-refractivity contribution is 5.80. The highest BCUT2D eigenvalue weighted by Crippen LogP contribution is 2.28. The van der Waals surface area contributed by atoms with Crippen LogP contribution >= 0.6 is 0 Å². The first-order valence-electron chi connectivity index (χ1n) is 6.96. The van der Waals surface area contributed by atoms with E-state index in [2.05, 4.69) is 10.5 Å².